The van der Waals surface area contributed by atoms with E-state index >= 15 is 0 Å². The molecule has 0 spiro atoms. The van der Waals surface area contributed by atoms with Crippen molar-refractivity contribution in [2.75, 3.05) is 13.7 Å². The molecule has 0 amide bonds. The lowest BCUT2D eigenvalue weighted by molar-refractivity contribution is 0.299. The molecule has 0 aromatic heterocycles. The van der Waals surface area contributed by atoms with Gasteiger partial charge in [-0.05, 0) is 36.5 Å². The molecule has 17 heavy (non-hydrogen) atoms. The van der Waals surface area contributed by atoms with Gasteiger partial charge in [0.1, 0.15) is 5.75 Å². The highest BCUT2D eigenvalue weighted by molar-refractivity contribution is 9.11. The monoisotopic (exact) mass is 295 g/mol. The number of methoxy groups -OCH3 is 1. The minimum Gasteiger partial charge on any atom is -0.497 e. The van der Waals surface area contributed by atoms with E-state index in [2.05, 4.69) is 40.0 Å². The van der Waals surface area contributed by atoms with E-state index in [0.29, 0.717) is 12.0 Å². The average molecular weight is 296 g/mol. The topological polar surface area (TPSA) is 21.3 Å². The van der Waals surface area contributed by atoms with Crippen LogP contribution < -0.4 is 10.1 Å². The lowest BCUT2D eigenvalue weighted by Crippen LogP contribution is -2.40. The fourth-order valence-electron chi connectivity index (χ4n) is 2.19. The first-order valence-electron chi connectivity index (χ1n) is 5.89. The number of hydrogen-bond donors (Lipinski definition) is 1. The van der Waals surface area contributed by atoms with Crippen LogP contribution in [0.2, 0.25) is 0 Å². The van der Waals surface area contributed by atoms with E-state index < -0.39 is 0 Å². The zero-order valence-corrected chi connectivity index (χ0v) is 11.7. The third-order valence-corrected chi connectivity index (χ3v) is 3.59. The predicted octanol–water partition coefficient (Wildman–Crippen LogP) is 3.44. The minimum atomic E-state index is 0.636. The van der Waals surface area contributed by atoms with Gasteiger partial charge < -0.3 is 10.1 Å². The number of nitrogens with one attached hydrogen (secondary N) is 1. The maximum Gasteiger partial charge on any atom is 0.118 e. The molecule has 0 aliphatic heterocycles. The van der Waals surface area contributed by atoms with Crippen molar-refractivity contribution in [3.63, 3.8) is 0 Å². The highest BCUT2D eigenvalue weighted by atomic mass is 79.9. The van der Waals surface area contributed by atoms with E-state index in [-0.39, 0.29) is 0 Å². The summed E-state index contributed by atoms with van der Waals surface area (Å²) in [5.74, 6) is 1.63. The van der Waals surface area contributed by atoms with Crippen LogP contribution in [0.15, 0.2) is 35.3 Å². The zero-order chi connectivity index (χ0) is 12.3. The SMILES string of the molecule is C=C(Br)CNC1CC(c2ccc(OC)cc2)C1. The summed E-state index contributed by atoms with van der Waals surface area (Å²) < 4.78 is 6.18. The third-order valence-electron chi connectivity index (χ3n) is 3.31. The van der Waals surface area contributed by atoms with Gasteiger partial charge in [-0.2, -0.15) is 0 Å². The smallest absolute Gasteiger partial charge is 0.118 e. The van der Waals surface area contributed by atoms with E-state index in [1.165, 1.54) is 18.4 Å². The van der Waals surface area contributed by atoms with Crippen molar-refractivity contribution in [1.82, 2.24) is 5.32 Å². The molecule has 2 rings (SSSR count). The Balaban J connectivity index is 1.80. The van der Waals surface area contributed by atoms with Crippen LogP contribution in [0, 0.1) is 0 Å². The summed E-state index contributed by atoms with van der Waals surface area (Å²) in [6, 6.07) is 9.05. The van der Waals surface area contributed by atoms with Crippen LogP contribution in [0.3, 0.4) is 0 Å². The van der Waals surface area contributed by atoms with Gasteiger partial charge in [0.05, 0.1) is 7.11 Å². The lowest BCUT2D eigenvalue weighted by Gasteiger charge is -2.36. The first kappa shape index (κ1) is 12.7. The largest absolute Gasteiger partial charge is 0.497 e. The third kappa shape index (κ3) is 3.33. The number of hydrogen-bond acceptors (Lipinski definition) is 2. The summed E-state index contributed by atoms with van der Waals surface area (Å²) >= 11 is 3.36. The molecule has 0 unspecified atom stereocenters. The molecule has 2 nitrogen and oxygen atoms in total. The first-order chi connectivity index (χ1) is 8.19. The fraction of sp³-hybridized carbons (Fsp3) is 0.429. The van der Waals surface area contributed by atoms with Crippen LogP contribution in [0.25, 0.3) is 0 Å². The van der Waals surface area contributed by atoms with Crippen molar-refractivity contribution in [2.24, 2.45) is 0 Å². The molecule has 0 atom stereocenters. The van der Waals surface area contributed by atoms with Gasteiger partial charge in [-0.25, -0.2) is 0 Å². The Hall–Kier alpha value is -0.800. The van der Waals surface area contributed by atoms with Crippen molar-refractivity contribution >= 4 is 15.9 Å². The molecule has 1 aliphatic rings. The molecule has 0 bridgehead atoms. The second kappa shape index (κ2) is 5.69. The minimum absolute atomic E-state index is 0.636. The van der Waals surface area contributed by atoms with Gasteiger partial charge in [0.15, 0.2) is 0 Å². The summed E-state index contributed by atoms with van der Waals surface area (Å²) in [6.07, 6.45) is 2.43. The zero-order valence-electron chi connectivity index (χ0n) is 10.1. The van der Waals surface area contributed by atoms with Crippen molar-refractivity contribution in [2.45, 2.75) is 24.8 Å². The Kier molecular flexibility index (Phi) is 4.24. The number of benzene rings is 1. The van der Waals surface area contributed by atoms with Gasteiger partial charge in [-0.3, -0.25) is 0 Å². The molecule has 1 fully saturated rings. The summed E-state index contributed by atoms with van der Waals surface area (Å²) in [5.41, 5.74) is 1.42. The summed E-state index contributed by atoms with van der Waals surface area (Å²) in [6.45, 7) is 4.68. The quantitative estimate of drug-likeness (QED) is 0.898. The normalized spacial score (nSPS) is 22.9. The molecule has 1 aromatic rings. The molecule has 0 radical (unpaired) electrons. The average Bonchev–Trinajstić information content (AvgIpc) is 2.27. The van der Waals surface area contributed by atoms with E-state index in [1.807, 2.05) is 12.1 Å². The van der Waals surface area contributed by atoms with Crippen LogP contribution in [-0.4, -0.2) is 19.7 Å². The standard InChI is InChI=1S/C14H18BrNO/c1-10(15)9-16-13-7-12(8-13)11-3-5-14(17-2)6-4-11/h3-6,12-13,16H,1,7-9H2,2H3. The van der Waals surface area contributed by atoms with E-state index in [4.69, 9.17) is 4.74 Å². The van der Waals surface area contributed by atoms with Gasteiger partial charge in [-0.15, -0.1) is 0 Å². The molecular weight excluding hydrogens is 278 g/mol. The van der Waals surface area contributed by atoms with E-state index in [1.54, 1.807) is 7.11 Å². The van der Waals surface area contributed by atoms with Crippen LogP contribution in [-0.2, 0) is 0 Å². The maximum atomic E-state index is 5.16. The number of rotatable bonds is 5. The summed E-state index contributed by atoms with van der Waals surface area (Å²) in [7, 11) is 1.70. The predicted molar refractivity (Wildman–Crippen MR) is 74.8 cm³/mol. The van der Waals surface area contributed by atoms with Gasteiger partial charge in [-0.1, -0.05) is 34.6 Å². The molecule has 3 heteroatoms. The van der Waals surface area contributed by atoms with E-state index in [0.717, 1.165) is 16.8 Å². The molecule has 1 aliphatic carbocycles. The number of ether oxygens (including phenoxy) is 1. The first-order valence-corrected chi connectivity index (χ1v) is 6.69. The molecule has 92 valence electrons. The highest BCUT2D eigenvalue weighted by Crippen LogP contribution is 2.37. The second-order valence-corrected chi connectivity index (χ2v) is 5.66. The Bertz CT molecular complexity index is 382. The lowest BCUT2D eigenvalue weighted by atomic mass is 9.76. The molecule has 0 heterocycles. The van der Waals surface area contributed by atoms with Crippen LogP contribution in [0.5, 0.6) is 5.75 Å². The maximum absolute atomic E-state index is 5.16. The Morgan fingerprint density at radius 1 is 1.41 bits per heavy atom. The van der Waals surface area contributed by atoms with Crippen molar-refractivity contribution in [3.8, 4) is 5.75 Å². The summed E-state index contributed by atoms with van der Waals surface area (Å²) in [5, 5.41) is 3.47. The Morgan fingerprint density at radius 2 is 2.06 bits per heavy atom. The van der Waals surface area contributed by atoms with Gasteiger partial charge in [0.2, 0.25) is 0 Å². The van der Waals surface area contributed by atoms with Crippen molar-refractivity contribution in [1.29, 1.82) is 0 Å². The van der Waals surface area contributed by atoms with Gasteiger partial charge in [0.25, 0.3) is 0 Å². The Morgan fingerprint density at radius 3 is 2.59 bits per heavy atom. The van der Waals surface area contributed by atoms with E-state index in [9.17, 15) is 0 Å². The van der Waals surface area contributed by atoms with Crippen molar-refractivity contribution < 1.29 is 4.74 Å². The summed E-state index contributed by atoms with van der Waals surface area (Å²) in [4.78, 5) is 0. The molecule has 1 N–H and O–H groups in total. The molecular formula is C14H18BrNO. The van der Waals surface area contributed by atoms with Gasteiger partial charge >= 0.3 is 0 Å². The van der Waals surface area contributed by atoms with Crippen LogP contribution in [0.4, 0.5) is 0 Å². The second-order valence-electron chi connectivity index (χ2n) is 4.54. The molecule has 0 saturated heterocycles. The van der Waals surface area contributed by atoms with Crippen molar-refractivity contribution in [3.05, 3.63) is 40.9 Å². The van der Waals surface area contributed by atoms with Crippen LogP contribution in [0.1, 0.15) is 24.3 Å². The Labute approximate surface area is 111 Å². The van der Waals surface area contributed by atoms with Crippen LogP contribution >= 0.6 is 15.9 Å². The molecule has 1 aromatic carbocycles. The molecule has 1 saturated carbocycles. The highest BCUT2D eigenvalue weighted by Gasteiger charge is 2.29. The fourth-order valence-corrected chi connectivity index (χ4v) is 2.35. The van der Waals surface area contributed by atoms with Gasteiger partial charge in [0, 0.05) is 17.1 Å². The number of halogens is 1.